The first kappa shape index (κ1) is 28.8. The molecule has 4 unspecified atom stereocenters. The second-order valence-electron chi connectivity index (χ2n) is 9.72. The first-order valence-corrected chi connectivity index (χ1v) is 12.2. The number of pyridine rings is 2. The normalized spacial score (nSPS) is 22.6. The summed E-state index contributed by atoms with van der Waals surface area (Å²) in [5.41, 5.74) is -1.88. The zero-order valence-corrected chi connectivity index (χ0v) is 21.6. The average molecular weight is 528 g/mol. The molecule has 194 valence electrons. The lowest BCUT2D eigenvalue weighted by atomic mass is 9.29. The zero-order valence-electron chi connectivity index (χ0n) is 21.6. The fourth-order valence-corrected chi connectivity index (χ4v) is 4.96. The fourth-order valence-electron chi connectivity index (χ4n) is 4.96. The van der Waals surface area contributed by atoms with Crippen LogP contribution in [0.5, 0.6) is 5.88 Å². The molecule has 0 N–H and O–H groups in total. The molecule has 4 atom stereocenters. The summed E-state index contributed by atoms with van der Waals surface area (Å²) in [6.07, 6.45) is -1.12. The quantitative estimate of drug-likeness (QED) is 0.439. The van der Waals surface area contributed by atoms with Crippen LogP contribution >= 0.6 is 0 Å². The van der Waals surface area contributed by atoms with E-state index in [1.807, 2.05) is 0 Å². The number of halogens is 3. The van der Waals surface area contributed by atoms with Gasteiger partial charge in [-0.05, 0) is 49.3 Å². The maximum Gasteiger partial charge on any atom is 0.417 e. The van der Waals surface area contributed by atoms with E-state index in [-0.39, 0.29) is 23.7 Å². The molecule has 15 heteroatoms. The number of alkyl halides is 3. The van der Waals surface area contributed by atoms with Crippen LogP contribution in [0.25, 0.3) is 5.69 Å². The van der Waals surface area contributed by atoms with Crippen LogP contribution in [-0.2, 0) is 6.18 Å². The van der Waals surface area contributed by atoms with Crippen LogP contribution in [0.1, 0.15) is 48.4 Å². The molecular formula is C24H23B4F3N6O2. The van der Waals surface area contributed by atoms with Crippen LogP contribution in [-0.4, -0.2) is 84.7 Å². The molecule has 3 aromatic heterocycles. The zero-order chi connectivity index (χ0) is 28.8. The highest BCUT2D eigenvalue weighted by atomic mass is 19.4. The molecule has 3 aromatic rings. The maximum atomic E-state index is 14.3. The van der Waals surface area contributed by atoms with Crippen molar-refractivity contribution in [2.24, 2.45) is 5.92 Å². The van der Waals surface area contributed by atoms with Crippen molar-refractivity contribution in [2.45, 2.75) is 62.5 Å². The van der Waals surface area contributed by atoms with Crippen LogP contribution < -0.4 is 4.74 Å². The van der Waals surface area contributed by atoms with Crippen molar-refractivity contribution in [3.8, 4) is 11.6 Å². The van der Waals surface area contributed by atoms with Gasteiger partial charge >= 0.3 is 6.18 Å². The topological polar surface area (TPSA) is 86.0 Å². The second kappa shape index (κ2) is 10.4. The fraction of sp³-hybridized carbons (Fsp3) is 0.458. The number of nitrogens with zero attached hydrogens (tertiary/aromatic N) is 6. The highest BCUT2D eigenvalue weighted by Crippen LogP contribution is 2.49. The second-order valence-corrected chi connectivity index (χ2v) is 9.72. The minimum Gasteiger partial charge on any atom is -0.472 e. The van der Waals surface area contributed by atoms with Crippen LogP contribution in [0.2, 0.25) is 5.11 Å². The lowest BCUT2D eigenvalue weighted by Gasteiger charge is -2.52. The number of hydrogen-bond acceptors (Lipinski definition) is 6. The van der Waals surface area contributed by atoms with Crippen molar-refractivity contribution in [3.05, 3.63) is 59.8 Å². The van der Waals surface area contributed by atoms with Gasteiger partial charge in [0.25, 0.3) is 5.91 Å². The number of ether oxygens (including phenoxy) is 1. The molecule has 1 saturated heterocycles. The van der Waals surface area contributed by atoms with Crippen molar-refractivity contribution in [1.82, 2.24) is 29.9 Å². The number of carbonyl (C=O) groups is 1. The van der Waals surface area contributed by atoms with Gasteiger partial charge in [0.15, 0.2) is 5.69 Å². The Hall–Kier alpha value is -3.24. The van der Waals surface area contributed by atoms with Crippen molar-refractivity contribution < 1.29 is 22.7 Å². The number of carbonyl (C=O) groups excluding carboxylic acids is 1. The first-order chi connectivity index (χ1) is 18.2. The number of aromatic nitrogens is 5. The third-order valence-corrected chi connectivity index (χ3v) is 7.01. The predicted molar refractivity (Wildman–Crippen MR) is 140 cm³/mol. The van der Waals surface area contributed by atoms with E-state index in [2.05, 4.69) is 20.2 Å². The number of likely N-dealkylation sites (tertiary alicyclic amines) is 1. The van der Waals surface area contributed by atoms with Gasteiger partial charge in [-0.1, -0.05) is 13.8 Å². The van der Waals surface area contributed by atoms with Crippen LogP contribution in [0, 0.1) is 12.8 Å². The Morgan fingerprint density at radius 2 is 1.85 bits per heavy atom. The molecule has 1 amide bonds. The van der Waals surface area contributed by atoms with E-state index in [4.69, 9.17) is 36.1 Å². The maximum absolute atomic E-state index is 14.3. The molecular weight excluding hydrogens is 505 g/mol. The summed E-state index contributed by atoms with van der Waals surface area (Å²) in [7, 11) is 25.3. The predicted octanol–water partition coefficient (Wildman–Crippen LogP) is 2.54. The Morgan fingerprint density at radius 1 is 1.18 bits per heavy atom. The molecule has 0 spiro atoms. The van der Waals surface area contributed by atoms with Gasteiger partial charge in [0, 0.05) is 18.0 Å². The lowest BCUT2D eigenvalue weighted by molar-refractivity contribution is -0.137. The Bertz CT molecular complexity index is 1320. The molecule has 8 radical (unpaired) electrons. The molecule has 0 aliphatic carbocycles. The van der Waals surface area contributed by atoms with Crippen LogP contribution in [0.4, 0.5) is 13.2 Å². The summed E-state index contributed by atoms with van der Waals surface area (Å²) in [5.74, 6) is -1.21. The summed E-state index contributed by atoms with van der Waals surface area (Å²) >= 11 is 0. The smallest absolute Gasteiger partial charge is 0.417 e. The standard InChI is InChI=1S/C24H23B4F3N6O2/c1-4-18(39-19-8-6-15(12-32-19)23(29,30)31)17-11-13(2)22(25,24(26,27)28)36(17)21(38)20-16(7-5-14(3)35-20)37-33-9-10-34-37/h5-10,12-13,17-18H,4,11H2,1-3H3. The third kappa shape index (κ3) is 5.32. The summed E-state index contributed by atoms with van der Waals surface area (Å²) in [4.78, 5) is 25.1. The van der Waals surface area contributed by atoms with Crippen molar-refractivity contribution in [2.75, 3.05) is 0 Å². The summed E-state index contributed by atoms with van der Waals surface area (Å²) in [6.45, 7) is 5.26. The van der Waals surface area contributed by atoms with Gasteiger partial charge < -0.3 is 9.64 Å². The molecule has 4 rings (SSSR count). The first-order valence-electron chi connectivity index (χ1n) is 12.2. The van der Waals surface area contributed by atoms with E-state index >= 15 is 0 Å². The third-order valence-electron chi connectivity index (χ3n) is 7.01. The van der Waals surface area contributed by atoms with Gasteiger partial charge in [0.2, 0.25) is 5.88 Å². The molecule has 39 heavy (non-hydrogen) atoms. The van der Waals surface area contributed by atoms with Crippen LogP contribution in [0.3, 0.4) is 0 Å². The lowest BCUT2D eigenvalue weighted by Crippen LogP contribution is -2.63. The molecule has 8 nitrogen and oxygen atoms in total. The average Bonchev–Trinajstić information content (AvgIpc) is 3.49. The monoisotopic (exact) mass is 528 g/mol. The van der Waals surface area contributed by atoms with Crippen LogP contribution in [0.15, 0.2) is 42.9 Å². The summed E-state index contributed by atoms with van der Waals surface area (Å²) < 4.78 is 45.0. The summed E-state index contributed by atoms with van der Waals surface area (Å²) in [5, 5.41) is 6.18. The van der Waals surface area contributed by atoms with Gasteiger partial charge in [-0.15, -0.1) is 9.91 Å². The van der Waals surface area contributed by atoms with Gasteiger partial charge in [-0.3, -0.25) is 4.79 Å². The Morgan fingerprint density at radius 3 is 2.38 bits per heavy atom. The number of rotatable bonds is 7. The number of aryl methyl sites for hydroxylation is 1. The molecule has 1 aliphatic rings. The SMILES string of the molecule is [B]C([B])([B])C1([B])C(C)CC(C(CC)Oc2ccc(C(F)(F)F)cn2)N1C(=O)c1nc(C)ccc1-n1nccn1. The molecule has 1 aliphatic heterocycles. The number of amides is 1. The minimum atomic E-state index is -4.55. The Kier molecular flexibility index (Phi) is 7.66. The van der Waals surface area contributed by atoms with Gasteiger partial charge in [-0.2, -0.15) is 23.4 Å². The molecule has 4 heterocycles. The molecule has 1 fully saturated rings. The Balaban J connectivity index is 1.78. The van der Waals surface area contributed by atoms with Gasteiger partial charge in [-0.25, -0.2) is 9.97 Å². The van der Waals surface area contributed by atoms with E-state index in [1.54, 1.807) is 32.9 Å². The largest absolute Gasteiger partial charge is 0.472 e. The summed E-state index contributed by atoms with van der Waals surface area (Å²) in [6, 6.07) is 4.58. The number of hydrogen-bond donors (Lipinski definition) is 0. The van der Waals surface area contributed by atoms with Gasteiger partial charge in [0.05, 0.1) is 47.5 Å². The van der Waals surface area contributed by atoms with Crippen molar-refractivity contribution in [3.63, 3.8) is 0 Å². The molecule has 0 aromatic carbocycles. The van der Waals surface area contributed by atoms with E-state index in [9.17, 15) is 18.0 Å². The van der Waals surface area contributed by atoms with E-state index in [0.29, 0.717) is 18.3 Å². The Labute approximate surface area is 229 Å². The highest BCUT2D eigenvalue weighted by Gasteiger charge is 2.57. The molecule has 0 saturated carbocycles. The van der Waals surface area contributed by atoms with E-state index in [1.165, 1.54) is 22.1 Å². The van der Waals surface area contributed by atoms with E-state index < -0.39 is 46.3 Å². The van der Waals surface area contributed by atoms with Crippen molar-refractivity contribution >= 4 is 37.3 Å². The minimum absolute atomic E-state index is 0.0214. The van der Waals surface area contributed by atoms with E-state index in [0.717, 1.165) is 12.1 Å². The highest BCUT2D eigenvalue weighted by molar-refractivity contribution is 6.62. The van der Waals surface area contributed by atoms with Crippen molar-refractivity contribution in [1.29, 1.82) is 0 Å². The van der Waals surface area contributed by atoms with Gasteiger partial charge in [0.1, 0.15) is 19.6 Å². The molecule has 0 bridgehead atoms.